The van der Waals surface area contributed by atoms with Crippen LogP contribution < -0.4 is 5.32 Å². The van der Waals surface area contributed by atoms with Crippen molar-refractivity contribution in [2.45, 2.75) is 69.4 Å². The van der Waals surface area contributed by atoms with Gasteiger partial charge in [0.05, 0.1) is 0 Å². The maximum absolute atomic E-state index is 14.2. The first kappa shape index (κ1) is 20.6. The molecular weight excluding hydrogens is 360 g/mol. The van der Waals surface area contributed by atoms with Crippen LogP contribution >= 0.6 is 0 Å². The lowest BCUT2D eigenvalue weighted by atomic mass is 9.78. The summed E-state index contributed by atoms with van der Waals surface area (Å²) >= 11 is 0. The van der Waals surface area contributed by atoms with E-state index >= 15 is 0 Å². The summed E-state index contributed by atoms with van der Waals surface area (Å²) in [5.41, 5.74) is -0.618. The molecule has 4 rings (SSSR count). The van der Waals surface area contributed by atoms with Crippen LogP contribution in [0.4, 0.5) is 0 Å². The van der Waals surface area contributed by atoms with Crippen LogP contribution in [0.15, 0.2) is 42.5 Å². The number of carbonyl (C=O) groups excluding carboxylic acids is 1. The minimum absolute atomic E-state index is 0.0212. The molecule has 1 saturated carbocycles. The highest BCUT2D eigenvalue weighted by molar-refractivity contribution is 5.87. The SMILES string of the molecule is O=C(N(CC1CC=CCC1)C1CCNCC1)C(O)(c1ccccc1)C1CCCC1. The van der Waals surface area contributed by atoms with Crippen molar-refractivity contribution in [1.29, 1.82) is 0 Å². The number of nitrogens with one attached hydrogen (secondary N) is 1. The van der Waals surface area contributed by atoms with E-state index in [0.717, 1.165) is 83.0 Å². The van der Waals surface area contributed by atoms with E-state index < -0.39 is 5.60 Å². The van der Waals surface area contributed by atoms with Gasteiger partial charge in [0.2, 0.25) is 0 Å². The summed E-state index contributed by atoms with van der Waals surface area (Å²) in [7, 11) is 0. The molecule has 0 aromatic heterocycles. The number of amides is 1. The zero-order valence-corrected chi connectivity index (χ0v) is 17.6. The molecule has 2 aliphatic carbocycles. The largest absolute Gasteiger partial charge is 0.375 e. The van der Waals surface area contributed by atoms with E-state index in [9.17, 15) is 9.90 Å². The summed E-state index contributed by atoms with van der Waals surface area (Å²) in [4.78, 5) is 16.3. The van der Waals surface area contributed by atoms with Gasteiger partial charge in [-0.15, -0.1) is 0 Å². The summed E-state index contributed by atoms with van der Waals surface area (Å²) in [6.07, 6.45) is 13.8. The van der Waals surface area contributed by atoms with Gasteiger partial charge in [0.25, 0.3) is 5.91 Å². The van der Waals surface area contributed by atoms with Crippen molar-refractivity contribution in [3.63, 3.8) is 0 Å². The zero-order valence-electron chi connectivity index (χ0n) is 17.6. The van der Waals surface area contributed by atoms with Crippen molar-refractivity contribution >= 4 is 5.91 Å². The van der Waals surface area contributed by atoms with Crippen LogP contribution in [0.3, 0.4) is 0 Å². The van der Waals surface area contributed by atoms with E-state index in [0.29, 0.717) is 5.92 Å². The quantitative estimate of drug-likeness (QED) is 0.715. The van der Waals surface area contributed by atoms with Crippen LogP contribution in [0.2, 0.25) is 0 Å². The van der Waals surface area contributed by atoms with Gasteiger partial charge in [-0.2, -0.15) is 0 Å². The maximum Gasteiger partial charge on any atom is 0.259 e. The van der Waals surface area contributed by atoms with Crippen LogP contribution in [0.1, 0.15) is 63.4 Å². The van der Waals surface area contributed by atoms with Crippen molar-refractivity contribution in [3.8, 4) is 0 Å². The summed E-state index contributed by atoms with van der Waals surface area (Å²) in [6.45, 7) is 2.67. The summed E-state index contributed by atoms with van der Waals surface area (Å²) in [6, 6.07) is 9.97. The topological polar surface area (TPSA) is 52.6 Å². The predicted molar refractivity (Wildman–Crippen MR) is 116 cm³/mol. The third-order valence-corrected chi connectivity index (χ3v) is 7.33. The minimum atomic E-state index is -1.40. The first-order valence-corrected chi connectivity index (χ1v) is 11.6. The molecule has 0 bridgehead atoms. The Kier molecular flexibility index (Phi) is 6.71. The van der Waals surface area contributed by atoms with Gasteiger partial charge < -0.3 is 15.3 Å². The van der Waals surface area contributed by atoms with Gasteiger partial charge in [-0.1, -0.05) is 55.3 Å². The second kappa shape index (κ2) is 9.44. The Labute approximate surface area is 175 Å². The van der Waals surface area contributed by atoms with Gasteiger partial charge in [-0.25, -0.2) is 0 Å². The molecule has 1 amide bonds. The number of aliphatic hydroxyl groups is 1. The Morgan fingerprint density at radius 2 is 1.76 bits per heavy atom. The monoisotopic (exact) mass is 396 g/mol. The third kappa shape index (κ3) is 4.44. The standard InChI is InChI=1S/C25H36N2O2/c28-24(25(29,22-13-7-8-14-22)21-11-5-2-6-12-21)27(23-15-17-26-18-16-23)19-20-9-3-1-4-10-20/h1-3,5-6,11-12,20,22-23,26,29H,4,7-10,13-19H2. The summed E-state index contributed by atoms with van der Waals surface area (Å²) in [5.74, 6) is 0.479. The number of carbonyl (C=O) groups is 1. The van der Waals surface area contributed by atoms with Gasteiger partial charge in [0.1, 0.15) is 0 Å². The van der Waals surface area contributed by atoms with Gasteiger partial charge >= 0.3 is 0 Å². The first-order chi connectivity index (χ1) is 14.2. The second-order valence-electron chi connectivity index (χ2n) is 9.20. The Balaban J connectivity index is 1.66. The van der Waals surface area contributed by atoms with E-state index in [2.05, 4.69) is 22.4 Å². The third-order valence-electron chi connectivity index (χ3n) is 7.33. The molecule has 3 aliphatic rings. The molecule has 158 valence electrons. The molecule has 4 heteroatoms. The van der Waals surface area contributed by atoms with E-state index in [4.69, 9.17) is 0 Å². The molecule has 1 aromatic rings. The number of rotatable bonds is 6. The molecule has 0 radical (unpaired) electrons. The molecule has 29 heavy (non-hydrogen) atoms. The Morgan fingerprint density at radius 1 is 1.03 bits per heavy atom. The molecule has 1 aliphatic heterocycles. The van der Waals surface area contributed by atoms with Crippen LogP contribution in [0.5, 0.6) is 0 Å². The van der Waals surface area contributed by atoms with Gasteiger partial charge in [-0.05, 0) is 69.5 Å². The van der Waals surface area contributed by atoms with E-state index in [1.165, 1.54) is 0 Å². The molecule has 4 nitrogen and oxygen atoms in total. The Bertz CT molecular complexity index is 692. The Hall–Kier alpha value is -1.65. The average molecular weight is 397 g/mol. The lowest BCUT2D eigenvalue weighted by molar-refractivity contribution is -0.163. The minimum Gasteiger partial charge on any atom is -0.375 e. The number of allylic oxidation sites excluding steroid dienone is 2. The molecule has 2 atom stereocenters. The van der Waals surface area contributed by atoms with Gasteiger partial charge in [0, 0.05) is 18.5 Å². The zero-order chi connectivity index (χ0) is 20.1. The predicted octanol–water partition coefficient (Wildman–Crippen LogP) is 4.00. The van der Waals surface area contributed by atoms with E-state index in [1.54, 1.807) is 0 Å². The molecule has 2 unspecified atom stereocenters. The number of hydrogen-bond acceptors (Lipinski definition) is 3. The van der Waals surface area contributed by atoms with E-state index in [-0.39, 0.29) is 17.9 Å². The second-order valence-corrected chi connectivity index (χ2v) is 9.20. The fourth-order valence-electron chi connectivity index (χ4n) is 5.61. The van der Waals surface area contributed by atoms with Crippen molar-refractivity contribution in [1.82, 2.24) is 10.2 Å². The summed E-state index contributed by atoms with van der Waals surface area (Å²) < 4.78 is 0. The number of piperidine rings is 1. The highest BCUT2D eigenvalue weighted by Crippen LogP contribution is 2.42. The molecule has 0 spiro atoms. The first-order valence-electron chi connectivity index (χ1n) is 11.6. The fraction of sp³-hybridized carbons (Fsp3) is 0.640. The lowest BCUT2D eigenvalue weighted by Crippen LogP contribution is -2.57. The van der Waals surface area contributed by atoms with E-state index in [1.807, 2.05) is 30.3 Å². The maximum atomic E-state index is 14.2. The lowest BCUT2D eigenvalue weighted by Gasteiger charge is -2.43. The molecule has 1 heterocycles. The molecule has 1 saturated heterocycles. The number of hydrogen-bond donors (Lipinski definition) is 2. The average Bonchev–Trinajstić information content (AvgIpc) is 3.34. The molecule has 2 fully saturated rings. The number of benzene rings is 1. The molecular formula is C25H36N2O2. The van der Waals surface area contributed by atoms with Crippen molar-refractivity contribution in [2.24, 2.45) is 11.8 Å². The normalized spacial score (nSPS) is 25.6. The van der Waals surface area contributed by atoms with Crippen molar-refractivity contribution < 1.29 is 9.90 Å². The van der Waals surface area contributed by atoms with Crippen LogP contribution in [-0.2, 0) is 10.4 Å². The van der Waals surface area contributed by atoms with Crippen LogP contribution in [0.25, 0.3) is 0 Å². The number of nitrogens with zero attached hydrogens (tertiary/aromatic N) is 1. The molecule has 1 aromatic carbocycles. The highest BCUT2D eigenvalue weighted by Gasteiger charge is 2.49. The highest BCUT2D eigenvalue weighted by atomic mass is 16.3. The Morgan fingerprint density at radius 3 is 2.41 bits per heavy atom. The van der Waals surface area contributed by atoms with Crippen LogP contribution in [0, 0.1) is 11.8 Å². The van der Waals surface area contributed by atoms with Gasteiger partial charge in [0.15, 0.2) is 5.60 Å². The van der Waals surface area contributed by atoms with Crippen molar-refractivity contribution in [2.75, 3.05) is 19.6 Å². The molecule has 2 N–H and O–H groups in total. The van der Waals surface area contributed by atoms with Crippen LogP contribution in [-0.4, -0.2) is 41.6 Å². The van der Waals surface area contributed by atoms with Gasteiger partial charge in [-0.3, -0.25) is 4.79 Å². The summed E-state index contributed by atoms with van der Waals surface area (Å²) in [5, 5.41) is 15.5. The van der Waals surface area contributed by atoms with Crippen molar-refractivity contribution in [3.05, 3.63) is 48.0 Å². The fourth-order valence-corrected chi connectivity index (χ4v) is 5.61. The smallest absolute Gasteiger partial charge is 0.259 e.